The van der Waals surface area contributed by atoms with E-state index < -0.39 is 28.4 Å². The Bertz CT molecular complexity index is 1280. The zero-order valence-corrected chi connectivity index (χ0v) is 17.1. The van der Waals surface area contributed by atoms with Crippen molar-refractivity contribution < 1.29 is 28.8 Å². The van der Waals surface area contributed by atoms with E-state index in [1.165, 1.54) is 43.5 Å². The SMILES string of the molecule is COc1ccc(C(=O)Oc2ccc(/C=N/N3C(=O)c4ccccc4C3=O)cc2[N+](=O)[O-])cc1. The van der Waals surface area contributed by atoms with E-state index in [1.807, 2.05) is 0 Å². The number of carbonyl (C=O) groups is 3. The number of nitrogens with zero attached hydrogens (tertiary/aromatic N) is 3. The normalized spacial score (nSPS) is 12.7. The van der Waals surface area contributed by atoms with Crippen molar-refractivity contribution in [2.75, 3.05) is 7.11 Å². The quantitative estimate of drug-likeness (QED) is 0.142. The number of hydrazone groups is 1. The number of ether oxygens (including phenoxy) is 2. The number of imide groups is 1. The van der Waals surface area contributed by atoms with E-state index in [4.69, 9.17) is 9.47 Å². The van der Waals surface area contributed by atoms with Gasteiger partial charge in [-0.1, -0.05) is 12.1 Å². The summed E-state index contributed by atoms with van der Waals surface area (Å²) in [4.78, 5) is 47.9. The Morgan fingerprint density at radius 1 is 1.00 bits per heavy atom. The number of benzene rings is 3. The number of methoxy groups -OCH3 is 1. The summed E-state index contributed by atoms with van der Waals surface area (Å²) in [7, 11) is 1.48. The minimum atomic E-state index is -0.784. The van der Waals surface area contributed by atoms with Gasteiger partial charge in [-0.05, 0) is 48.5 Å². The minimum Gasteiger partial charge on any atom is -0.497 e. The molecule has 0 fully saturated rings. The number of carbonyl (C=O) groups excluding carboxylic acids is 3. The van der Waals surface area contributed by atoms with Gasteiger partial charge in [-0.15, -0.1) is 0 Å². The highest BCUT2D eigenvalue weighted by molar-refractivity contribution is 6.21. The minimum absolute atomic E-state index is 0.182. The highest BCUT2D eigenvalue weighted by Crippen LogP contribution is 2.29. The van der Waals surface area contributed by atoms with Crippen molar-refractivity contribution in [1.29, 1.82) is 0 Å². The number of hydrogen-bond donors (Lipinski definition) is 0. The summed E-state index contributed by atoms with van der Waals surface area (Å²) in [6, 6.07) is 16.1. The lowest BCUT2D eigenvalue weighted by Crippen LogP contribution is -2.24. The fourth-order valence-corrected chi connectivity index (χ4v) is 3.14. The molecule has 1 aliphatic rings. The van der Waals surface area contributed by atoms with Crippen LogP contribution in [0.1, 0.15) is 36.6 Å². The number of rotatable bonds is 6. The van der Waals surface area contributed by atoms with Gasteiger partial charge in [0.25, 0.3) is 11.8 Å². The summed E-state index contributed by atoms with van der Waals surface area (Å²) < 4.78 is 10.2. The van der Waals surface area contributed by atoms with Gasteiger partial charge in [0.05, 0.1) is 34.9 Å². The third-order valence-corrected chi connectivity index (χ3v) is 4.80. The Kier molecular flexibility index (Phi) is 5.64. The van der Waals surface area contributed by atoms with Crippen LogP contribution in [0.25, 0.3) is 0 Å². The number of nitro benzene ring substituents is 1. The standard InChI is InChI=1S/C23H15N3O7/c1-32-16-9-7-15(8-10-16)23(29)33-20-11-6-14(12-19(20)26(30)31)13-24-25-21(27)17-4-2-3-5-18(17)22(25)28/h2-13H,1H3/b24-13+. The summed E-state index contributed by atoms with van der Waals surface area (Å²) in [5.74, 6) is -1.69. The predicted molar refractivity (Wildman–Crippen MR) is 116 cm³/mol. The summed E-state index contributed by atoms with van der Waals surface area (Å²) in [6.45, 7) is 0. The van der Waals surface area contributed by atoms with Crippen LogP contribution in [-0.4, -0.2) is 41.0 Å². The Labute approximate surface area is 186 Å². The van der Waals surface area contributed by atoms with Crippen LogP contribution in [-0.2, 0) is 0 Å². The largest absolute Gasteiger partial charge is 0.497 e. The first-order valence-electron chi connectivity index (χ1n) is 9.55. The smallest absolute Gasteiger partial charge is 0.343 e. The third kappa shape index (κ3) is 4.17. The zero-order chi connectivity index (χ0) is 23.5. The molecule has 33 heavy (non-hydrogen) atoms. The number of hydrogen-bond acceptors (Lipinski definition) is 8. The first kappa shape index (κ1) is 21.4. The van der Waals surface area contributed by atoms with E-state index in [2.05, 4.69) is 5.10 Å². The molecule has 0 atom stereocenters. The molecule has 0 unspecified atom stereocenters. The van der Waals surface area contributed by atoms with Gasteiger partial charge in [0.15, 0.2) is 0 Å². The van der Waals surface area contributed by atoms with Crippen LogP contribution in [0.5, 0.6) is 11.5 Å². The average molecular weight is 445 g/mol. The van der Waals surface area contributed by atoms with E-state index in [0.29, 0.717) is 10.8 Å². The van der Waals surface area contributed by atoms with Gasteiger partial charge in [-0.2, -0.15) is 10.1 Å². The Morgan fingerprint density at radius 3 is 2.21 bits per heavy atom. The van der Waals surface area contributed by atoms with Crippen molar-refractivity contribution >= 4 is 29.7 Å². The van der Waals surface area contributed by atoms with E-state index >= 15 is 0 Å². The molecule has 1 aliphatic heterocycles. The Hall–Kier alpha value is -4.86. The van der Waals surface area contributed by atoms with Crippen molar-refractivity contribution in [3.63, 3.8) is 0 Å². The molecular weight excluding hydrogens is 430 g/mol. The van der Waals surface area contributed by atoms with Crippen LogP contribution in [0.15, 0.2) is 71.8 Å². The van der Waals surface area contributed by atoms with E-state index in [-0.39, 0.29) is 28.0 Å². The van der Waals surface area contributed by atoms with Gasteiger partial charge < -0.3 is 9.47 Å². The topological polar surface area (TPSA) is 128 Å². The van der Waals surface area contributed by atoms with Crippen LogP contribution in [0.3, 0.4) is 0 Å². The molecule has 1 heterocycles. The number of fused-ring (bicyclic) bond motifs is 1. The maximum Gasteiger partial charge on any atom is 0.343 e. The van der Waals surface area contributed by atoms with Gasteiger partial charge in [-0.25, -0.2) is 4.79 Å². The van der Waals surface area contributed by atoms with Crippen LogP contribution >= 0.6 is 0 Å². The molecule has 0 saturated carbocycles. The number of amides is 2. The second-order valence-corrected chi connectivity index (χ2v) is 6.81. The first-order chi connectivity index (χ1) is 15.9. The van der Waals surface area contributed by atoms with Gasteiger partial charge in [-0.3, -0.25) is 19.7 Å². The van der Waals surface area contributed by atoms with Crippen LogP contribution in [0.2, 0.25) is 0 Å². The van der Waals surface area contributed by atoms with Crippen LogP contribution in [0, 0.1) is 10.1 Å². The lowest BCUT2D eigenvalue weighted by atomic mass is 10.1. The highest BCUT2D eigenvalue weighted by atomic mass is 16.6. The summed E-state index contributed by atoms with van der Waals surface area (Å²) in [5, 5.41) is 16.1. The van der Waals surface area contributed by atoms with Crippen molar-refractivity contribution in [1.82, 2.24) is 5.01 Å². The Morgan fingerprint density at radius 2 is 1.64 bits per heavy atom. The molecule has 0 N–H and O–H groups in total. The molecule has 10 heteroatoms. The molecule has 3 aromatic carbocycles. The molecule has 0 radical (unpaired) electrons. The molecule has 0 aromatic heterocycles. The molecule has 0 saturated heterocycles. The molecule has 0 bridgehead atoms. The summed E-state index contributed by atoms with van der Waals surface area (Å²) >= 11 is 0. The maximum absolute atomic E-state index is 12.4. The van der Waals surface area contributed by atoms with E-state index in [1.54, 1.807) is 24.3 Å². The molecule has 3 aromatic rings. The van der Waals surface area contributed by atoms with Crippen molar-refractivity contribution in [2.45, 2.75) is 0 Å². The van der Waals surface area contributed by atoms with E-state index in [0.717, 1.165) is 12.3 Å². The van der Waals surface area contributed by atoms with Gasteiger partial charge in [0.2, 0.25) is 5.75 Å². The van der Waals surface area contributed by atoms with Crippen molar-refractivity contribution in [3.05, 3.63) is 99.1 Å². The van der Waals surface area contributed by atoms with Crippen LogP contribution < -0.4 is 9.47 Å². The molecule has 2 amide bonds. The fraction of sp³-hybridized carbons (Fsp3) is 0.0435. The molecule has 0 spiro atoms. The third-order valence-electron chi connectivity index (χ3n) is 4.80. The van der Waals surface area contributed by atoms with Crippen LogP contribution in [0.4, 0.5) is 5.69 Å². The van der Waals surface area contributed by atoms with Gasteiger partial charge in [0.1, 0.15) is 5.75 Å². The second-order valence-electron chi connectivity index (χ2n) is 6.81. The lowest BCUT2D eigenvalue weighted by molar-refractivity contribution is -0.385. The van der Waals surface area contributed by atoms with E-state index in [9.17, 15) is 24.5 Å². The van der Waals surface area contributed by atoms with Crippen molar-refractivity contribution in [3.8, 4) is 11.5 Å². The second kappa shape index (κ2) is 8.71. The highest BCUT2D eigenvalue weighted by Gasteiger charge is 2.35. The molecule has 4 rings (SSSR count). The maximum atomic E-state index is 12.4. The molecule has 10 nitrogen and oxygen atoms in total. The van der Waals surface area contributed by atoms with Crippen molar-refractivity contribution in [2.24, 2.45) is 5.10 Å². The molecule has 0 aliphatic carbocycles. The van der Waals surface area contributed by atoms with Gasteiger partial charge in [0, 0.05) is 11.6 Å². The zero-order valence-electron chi connectivity index (χ0n) is 17.1. The molecule has 164 valence electrons. The fourth-order valence-electron chi connectivity index (χ4n) is 3.14. The van der Waals surface area contributed by atoms with Gasteiger partial charge >= 0.3 is 11.7 Å². The lowest BCUT2D eigenvalue weighted by Gasteiger charge is -2.07. The number of nitro groups is 1. The predicted octanol–water partition coefficient (Wildman–Crippen LogP) is 3.45. The number of esters is 1. The average Bonchev–Trinajstić information content (AvgIpc) is 3.08. The summed E-state index contributed by atoms with van der Waals surface area (Å²) in [6.07, 6.45) is 1.14. The molecular formula is C23H15N3O7. The monoisotopic (exact) mass is 445 g/mol. The Balaban J connectivity index is 1.55. The first-order valence-corrected chi connectivity index (χ1v) is 9.55. The summed E-state index contributed by atoms with van der Waals surface area (Å²) in [5.41, 5.74) is 0.380.